The number of aliphatic imine (C=N–C) groups is 1. The molecular formula is C22H25N3O. The molecule has 134 valence electrons. The van der Waals surface area contributed by atoms with E-state index in [0.29, 0.717) is 12.0 Å². The Morgan fingerprint density at radius 2 is 1.85 bits per heavy atom. The number of carbonyl (C=O) groups excluding carboxylic acids is 1. The Kier molecular flexibility index (Phi) is 5.00. The topological polar surface area (TPSA) is 53.5 Å². The average Bonchev–Trinajstić information content (AvgIpc) is 3.16. The van der Waals surface area contributed by atoms with Gasteiger partial charge in [-0.1, -0.05) is 18.2 Å². The van der Waals surface area contributed by atoms with Gasteiger partial charge < -0.3 is 10.6 Å². The highest BCUT2D eigenvalue weighted by Crippen LogP contribution is 2.27. The fourth-order valence-corrected chi connectivity index (χ4v) is 3.86. The molecule has 4 rings (SSSR count). The van der Waals surface area contributed by atoms with Crippen LogP contribution < -0.4 is 10.6 Å². The molecule has 0 radical (unpaired) electrons. The molecule has 2 aliphatic rings. The molecule has 0 atom stereocenters. The average molecular weight is 347 g/mol. The lowest BCUT2D eigenvalue weighted by atomic mass is 9.86. The molecule has 0 unspecified atom stereocenters. The molecule has 0 spiro atoms. The Morgan fingerprint density at radius 1 is 1.04 bits per heavy atom. The molecule has 4 nitrogen and oxygen atoms in total. The summed E-state index contributed by atoms with van der Waals surface area (Å²) in [6.45, 7) is 1.01. The summed E-state index contributed by atoms with van der Waals surface area (Å²) in [5.74, 6) is 0.728. The monoisotopic (exact) mass is 347 g/mol. The van der Waals surface area contributed by atoms with Crippen molar-refractivity contribution in [3.8, 4) is 0 Å². The quantitative estimate of drug-likeness (QED) is 0.845. The van der Waals surface area contributed by atoms with Gasteiger partial charge in [-0.05, 0) is 67.5 Å². The first-order valence-electron chi connectivity index (χ1n) is 9.53. The summed E-state index contributed by atoms with van der Waals surface area (Å²) >= 11 is 0. The van der Waals surface area contributed by atoms with Gasteiger partial charge in [-0.2, -0.15) is 0 Å². The van der Waals surface area contributed by atoms with Gasteiger partial charge in [0, 0.05) is 36.5 Å². The highest BCUT2D eigenvalue weighted by molar-refractivity contribution is 5.95. The van der Waals surface area contributed by atoms with Gasteiger partial charge in [-0.25, -0.2) is 0 Å². The summed E-state index contributed by atoms with van der Waals surface area (Å²) in [7, 11) is 0. The van der Waals surface area contributed by atoms with Crippen LogP contribution in [0.2, 0.25) is 0 Å². The second-order valence-corrected chi connectivity index (χ2v) is 7.30. The molecule has 1 amide bonds. The number of anilines is 1. The Morgan fingerprint density at radius 3 is 2.65 bits per heavy atom. The van der Waals surface area contributed by atoms with Crippen molar-refractivity contribution in [1.82, 2.24) is 5.32 Å². The van der Waals surface area contributed by atoms with E-state index in [1.807, 2.05) is 30.5 Å². The van der Waals surface area contributed by atoms with E-state index in [1.165, 1.54) is 5.69 Å². The van der Waals surface area contributed by atoms with Crippen molar-refractivity contribution in [2.45, 2.75) is 38.1 Å². The summed E-state index contributed by atoms with van der Waals surface area (Å²) < 4.78 is 0. The van der Waals surface area contributed by atoms with Gasteiger partial charge in [0.05, 0.1) is 5.69 Å². The molecule has 2 N–H and O–H groups in total. The molecular weight excluding hydrogens is 322 g/mol. The van der Waals surface area contributed by atoms with Crippen molar-refractivity contribution < 1.29 is 4.79 Å². The van der Waals surface area contributed by atoms with Crippen molar-refractivity contribution in [1.29, 1.82) is 0 Å². The van der Waals surface area contributed by atoms with Crippen molar-refractivity contribution in [2.75, 3.05) is 11.9 Å². The summed E-state index contributed by atoms with van der Waals surface area (Å²) in [5.41, 5.74) is 4.08. The van der Waals surface area contributed by atoms with Crippen molar-refractivity contribution in [3.05, 3.63) is 59.7 Å². The maximum absolute atomic E-state index is 12.5. The minimum Gasteiger partial charge on any atom is -0.385 e. The third-order valence-electron chi connectivity index (χ3n) is 5.43. The number of fused-ring (bicyclic) bond motifs is 1. The van der Waals surface area contributed by atoms with Crippen LogP contribution >= 0.6 is 0 Å². The molecule has 1 aliphatic carbocycles. The molecule has 4 heteroatoms. The van der Waals surface area contributed by atoms with Crippen molar-refractivity contribution >= 4 is 23.5 Å². The van der Waals surface area contributed by atoms with Gasteiger partial charge >= 0.3 is 0 Å². The molecule has 0 bridgehead atoms. The van der Waals surface area contributed by atoms with Crippen LogP contribution in [0.15, 0.2) is 53.5 Å². The van der Waals surface area contributed by atoms with Crippen LogP contribution in [0.25, 0.3) is 0 Å². The molecule has 1 saturated carbocycles. The molecule has 0 saturated heterocycles. The molecule has 2 aromatic carbocycles. The lowest BCUT2D eigenvalue weighted by Gasteiger charge is -2.29. The highest BCUT2D eigenvalue weighted by Gasteiger charge is 2.23. The molecule has 0 aromatic heterocycles. The minimum atomic E-state index is 0.0468. The first-order valence-corrected chi connectivity index (χ1v) is 9.53. The maximum atomic E-state index is 12.5. The summed E-state index contributed by atoms with van der Waals surface area (Å²) in [5, 5.41) is 6.74. The number of hydrogen-bond donors (Lipinski definition) is 2. The van der Waals surface area contributed by atoms with E-state index >= 15 is 0 Å². The second kappa shape index (κ2) is 7.73. The number of hydrogen-bond acceptors (Lipinski definition) is 3. The van der Waals surface area contributed by atoms with E-state index in [0.717, 1.165) is 55.5 Å². The Balaban J connectivity index is 1.24. The van der Waals surface area contributed by atoms with E-state index < -0.39 is 0 Å². The fourth-order valence-electron chi connectivity index (χ4n) is 3.86. The predicted molar refractivity (Wildman–Crippen MR) is 106 cm³/mol. The number of carbonyl (C=O) groups is 1. The normalized spacial score (nSPS) is 21.2. The summed E-state index contributed by atoms with van der Waals surface area (Å²) in [4.78, 5) is 16.8. The van der Waals surface area contributed by atoms with E-state index in [1.54, 1.807) is 0 Å². The summed E-state index contributed by atoms with van der Waals surface area (Å²) in [6, 6.07) is 16.5. The van der Waals surface area contributed by atoms with Crippen LogP contribution in [0, 0.1) is 5.92 Å². The van der Waals surface area contributed by atoms with Gasteiger partial charge in [0.1, 0.15) is 0 Å². The van der Waals surface area contributed by atoms with Crippen molar-refractivity contribution in [2.24, 2.45) is 10.9 Å². The smallest absolute Gasteiger partial charge is 0.251 e. The van der Waals surface area contributed by atoms with Crippen LogP contribution in [-0.4, -0.2) is 24.7 Å². The Bertz CT molecular complexity index is 792. The fraction of sp³-hybridized carbons (Fsp3) is 0.364. The third kappa shape index (κ3) is 3.96. The zero-order valence-electron chi connectivity index (χ0n) is 14.9. The second-order valence-electron chi connectivity index (χ2n) is 7.30. The molecule has 1 aliphatic heterocycles. The van der Waals surface area contributed by atoms with Crippen LogP contribution in [0.4, 0.5) is 11.4 Å². The SMILES string of the molecule is O=C(NC1CCC(CNc2ccccc2)CC1)c1ccc2c(c1)CC=N2. The van der Waals surface area contributed by atoms with Gasteiger partial charge in [0.2, 0.25) is 0 Å². The van der Waals surface area contributed by atoms with Crippen molar-refractivity contribution in [3.63, 3.8) is 0 Å². The van der Waals surface area contributed by atoms with Gasteiger partial charge in [0.15, 0.2) is 0 Å². The zero-order chi connectivity index (χ0) is 17.8. The first kappa shape index (κ1) is 16.8. The van der Waals surface area contributed by atoms with Gasteiger partial charge in [-0.15, -0.1) is 0 Å². The predicted octanol–water partition coefficient (Wildman–Crippen LogP) is 4.35. The van der Waals surface area contributed by atoms with Crippen LogP contribution in [-0.2, 0) is 6.42 Å². The van der Waals surface area contributed by atoms with Gasteiger partial charge in [-0.3, -0.25) is 9.79 Å². The maximum Gasteiger partial charge on any atom is 0.251 e. The first-order chi connectivity index (χ1) is 12.8. The number of amides is 1. The summed E-state index contributed by atoms with van der Waals surface area (Å²) in [6.07, 6.45) is 7.15. The zero-order valence-corrected chi connectivity index (χ0v) is 14.9. The van der Waals surface area contributed by atoms with E-state index in [9.17, 15) is 4.79 Å². The Hall–Kier alpha value is -2.62. The highest BCUT2D eigenvalue weighted by atomic mass is 16.1. The number of benzene rings is 2. The van der Waals surface area contributed by atoms with E-state index in [4.69, 9.17) is 0 Å². The molecule has 1 fully saturated rings. The van der Waals surface area contributed by atoms with Crippen LogP contribution in [0.3, 0.4) is 0 Å². The Labute approximate surface area is 154 Å². The number of rotatable bonds is 5. The molecule has 1 heterocycles. The lowest BCUT2D eigenvalue weighted by Crippen LogP contribution is -2.38. The van der Waals surface area contributed by atoms with Crippen LogP contribution in [0.1, 0.15) is 41.6 Å². The van der Waals surface area contributed by atoms with E-state index in [-0.39, 0.29) is 5.91 Å². The number of para-hydroxylation sites is 1. The van der Waals surface area contributed by atoms with Crippen LogP contribution in [0.5, 0.6) is 0 Å². The standard InChI is InChI=1S/C22H25N3O/c26-22(18-8-11-21-17(14-18)12-13-23-21)25-20-9-6-16(7-10-20)15-24-19-4-2-1-3-5-19/h1-5,8,11,13-14,16,20,24H,6-7,9-10,12,15H2,(H,25,26). The number of nitrogens with one attached hydrogen (secondary N) is 2. The number of nitrogens with zero attached hydrogens (tertiary/aromatic N) is 1. The van der Waals surface area contributed by atoms with Gasteiger partial charge in [0.25, 0.3) is 5.91 Å². The lowest BCUT2D eigenvalue weighted by molar-refractivity contribution is 0.0922. The van der Waals surface area contributed by atoms with E-state index in [2.05, 4.69) is 39.9 Å². The molecule has 26 heavy (non-hydrogen) atoms. The minimum absolute atomic E-state index is 0.0468. The largest absolute Gasteiger partial charge is 0.385 e. The molecule has 2 aromatic rings. The third-order valence-corrected chi connectivity index (χ3v) is 5.43.